The minimum Gasteiger partial charge on any atom is -0.487 e. The Morgan fingerprint density at radius 2 is 2.12 bits per heavy atom. The second-order valence-electron chi connectivity index (χ2n) is 2.94. The molecule has 0 amide bonds. The van der Waals surface area contributed by atoms with Gasteiger partial charge in [0.25, 0.3) is 0 Å². The molecule has 2 rings (SSSR count). The van der Waals surface area contributed by atoms with Gasteiger partial charge in [0.15, 0.2) is 5.00 Å². The molecule has 0 saturated heterocycles. The molecule has 3 N–H and O–H groups in total. The molecule has 0 aliphatic heterocycles. The Labute approximate surface area is 105 Å². The standard InChI is InChI=1S/C9H9BrN4OS/c10-6-1-3-7(4-2-6)15-5-8-9(12-11)16-14-13-8/h1-4,12H,5,11H2. The molecule has 7 heteroatoms. The summed E-state index contributed by atoms with van der Waals surface area (Å²) in [6.07, 6.45) is 0. The van der Waals surface area contributed by atoms with Gasteiger partial charge in [0.1, 0.15) is 18.1 Å². The number of aromatic nitrogens is 2. The van der Waals surface area contributed by atoms with Crippen molar-refractivity contribution in [2.24, 2.45) is 5.84 Å². The molecule has 0 spiro atoms. The molecule has 0 aliphatic carbocycles. The fourth-order valence-electron chi connectivity index (χ4n) is 1.10. The zero-order chi connectivity index (χ0) is 11.4. The average Bonchev–Trinajstić information content (AvgIpc) is 2.76. The van der Waals surface area contributed by atoms with Crippen LogP contribution in [0.3, 0.4) is 0 Å². The number of nitrogens with one attached hydrogen (secondary N) is 1. The van der Waals surface area contributed by atoms with Crippen LogP contribution >= 0.6 is 27.5 Å². The number of nitrogen functional groups attached to an aromatic ring is 1. The normalized spacial score (nSPS) is 10.1. The maximum atomic E-state index is 5.54. The van der Waals surface area contributed by atoms with Gasteiger partial charge in [-0.2, -0.15) is 0 Å². The highest BCUT2D eigenvalue weighted by molar-refractivity contribution is 9.10. The number of nitrogens with two attached hydrogens (primary N) is 1. The molecule has 1 aromatic heterocycles. The third-order valence-corrected chi connectivity index (χ3v) is 3.10. The van der Waals surface area contributed by atoms with E-state index in [9.17, 15) is 0 Å². The first kappa shape index (κ1) is 11.3. The summed E-state index contributed by atoms with van der Waals surface area (Å²) in [4.78, 5) is 0. The van der Waals surface area contributed by atoms with E-state index in [0.717, 1.165) is 15.2 Å². The van der Waals surface area contributed by atoms with Crippen LogP contribution in [0.4, 0.5) is 5.00 Å². The fraction of sp³-hybridized carbons (Fsp3) is 0.111. The van der Waals surface area contributed by atoms with Crippen molar-refractivity contribution in [2.45, 2.75) is 6.61 Å². The summed E-state index contributed by atoms with van der Waals surface area (Å²) in [5.74, 6) is 6.08. The van der Waals surface area contributed by atoms with Crippen molar-refractivity contribution in [1.82, 2.24) is 9.59 Å². The summed E-state index contributed by atoms with van der Waals surface area (Å²) in [6.45, 7) is 0.345. The fourth-order valence-corrected chi connectivity index (χ4v) is 1.84. The molecule has 16 heavy (non-hydrogen) atoms. The van der Waals surface area contributed by atoms with Gasteiger partial charge in [-0.1, -0.05) is 20.4 Å². The van der Waals surface area contributed by atoms with Gasteiger partial charge in [0.05, 0.1) is 0 Å². The molecule has 2 aromatic rings. The van der Waals surface area contributed by atoms with Gasteiger partial charge in [-0.05, 0) is 24.3 Å². The van der Waals surface area contributed by atoms with Crippen LogP contribution in [-0.4, -0.2) is 9.59 Å². The lowest BCUT2D eigenvalue weighted by atomic mass is 10.3. The van der Waals surface area contributed by atoms with E-state index < -0.39 is 0 Å². The number of anilines is 1. The van der Waals surface area contributed by atoms with E-state index in [0.29, 0.717) is 12.3 Å². The molecule has 0 aliphatic rings. The van der Waals surface area contributed by atoms with Crippen molar-refractivity contribution in [2.75, 3.05) is 5.43 Å². The van der Waals surface area contributed by atoms with Gasteiger partial charge in [0, 0.05) is 16.0 Å². The number of rotatable bonds is 4. The average molecular weight is 301 g/mol. The van der Waals surface area contributed by atoms with Gasteiger partial charge < -0.3 is 10.2 Å². The molecule has 5 nitrogen and oxygen atoms in total. The van der Waals surface area contributed by atoms with Crippen LogP contribution in [0.1, 0.15) is 5.69 Å². The summed E-state index contributed by atoms with van der Waals surface area (Å²) < 4.78 is 10.3. The van der Waals surface area contributed by atoms with Crippen LogP contribution in [0.2, 0.25) is 0 Å². The summed E-state index contributed by atoms with van der Waals surface area (Å²) in [6, 6.07) is 7.58. The first-order valence-electron chi connectivity index (χ1n) is 4.46. The molecule has 1 heterocycles. The Balaban J connectivity index is 1.99. The lowest BCUT2D eigenvalue weighted by Crippen LogP contribution is -2.08. The minimum absolute atomic E-state index is 0.345. The highest BCUT2D eigenvalue weighted by Gasteiger charge is 2.06. The molecule has 1 aromatic carbocycles. The Kier molecular flexibility index (Phi) is 3.70. The second kappa shape index (κ2) is 5.24. The van der Waals surface area contributed by atoms with E-state index in [1.165, 1.54) is 11.5 Å². The second-order valence-corrected chi connectivity index (χ2v) is 4.61. The van der Waals surface area contributed by atoms with E-state index in [2.05, 4.69) is 30.9 Å². The van der Waals surface area contributed by atoms with Gasteiger partial charge in [-0.3, -0.25) is 0 Å². The lowest BCUT2D eigenvalue weighted by Gasteiger charge is -2.04. The summed E-state index contributed by atoms with van der Waals surface area (Å²) in [5, 5.41) is 4.63. The number of benzene rings is 1. The van der Waals surface area contributed by atoms with Crippen LogP contribution in [0.15, 0.2) is 28.7 Å². The topological polar surface area (TPSA) is 73.1 Å². The van der Waals surface area contributed by atoms with Gasteiger partial charge >= 0.3 is 0 Å². The minimum atomic E-state index is 0.345. The highest BCUT2D eigenvalue weighted by Crippen LogP contribution is 2.20. The Bertz CT molecular complexity index is 459. The molecule has 0 unspecified atom stereocenters. The van der Waals surface area contributed by atoms with E-state index in [1.54, 1.807) is 0 Å². The molecular formula is C9H9BrN4OS. The van der Waals surface area contributed by atoms with Crippen molar-refractivity contribution in [3.8, 4) is 5.75 Å². The summed E-state index contributed by atoms with van der Waals surface area (Å²) in [5.41, 5.74) is 3.23. The van der Waals surface area contributed by atoms with Crippen LogP contribution in [0, 0.1) is 0 Å². The summed E-state index contributed by atoms with van der Waals surface area (Å²) >= 11 is 4.56. The smallest absolute Gasteiger partial charge is 0.150 e. The molecule has 0 radical (unpaired) electrons. The molecule has 0 bridgehead atoms. The van der Waals surface area contributed by atoms with Crippen molar-refractivity contribution < 1.29 is 4.74 Å². The molecule has 84 valence electrons. The number of hydrogen-bond acceptors (Lipinski definition) is 6. The lowest BCUT2D eigenvalue weighted by molar-refractivity contribution is 0.301. The number of hydrogen-bond donors (Lipinski definition) is 2. The van der Waals surface area contributed by atoms with Crippen molar-refractivity contribution in [1.29, 1.82) is 0 Å². The summed E-state index contributed by atoms with van der Waals surface area (Å²) in [7, 11) is 0. The maximum absolute atomic E-state index is 5.54. The van der Waals surface area contributed by atoms with Crippen LogP contribution in [0.25, 0.3) is 0 Å². The third kappa shape index (κ3) is 2.69. The Morgan fingerprint density at radius 3 is 2.81 bits per heavy atom. The third-order valence-electron chi connectivity index (χ3n) is 1.88. The monoisotopic (exact) mass is 300 g/mol. The zero-order valence-corrected chi connectivity index (χ0v) is 10.6. The van der Waals surface area contributed by atoms with Crippen molar-refractivity contribution >= 4 is 32.5 Å². The Morgan fingerprint density at radius 1 is 1.38 bits per heavy atom. The predicted octanol–water partition coefficient (Wildman–Crippen LogP) is 2.17. The number of hydrazine groups is 1. The van der Waals surface area contributed by atoms with E-state index >= 15 is 0 Å². The van der Waals surface area contributed by atoms with Gasteiger partial charge in [-0.25, -0.2) is 5.84 Å². The SMILES string of the molecule is NNc1snnc1COc1ccc(Br)cc1. The largest absolute Gasteiger partial charge is 0.487 e. The number of nitrogens with zero attached hydrogens (tertiary/aromatic N) is 2. The van der Waals surface area contributed by atoms with Gasteiger partial charge in [0.2, 0.25) is 0 Å². The molecular weight excluding hydrogens is 292 g/mol. The number of halogens is 1. The first-order chi connectivity index (χ1) is 7.79. The zero-order valence-electron chi connectivity index (χ0n) is 8.18. The molecule has 0 atom stereocenters. The quantitative estimate of drug-likeness (QED) is 0.669. The van der Waals surface area contributed by atoms with Crippen molar-refractivity contribution in [3.63, 3.8) is 0 Å². The van der Waals surface area contributed by atoms with Crippen LogP contribution in [0.5, 0.6) is 5.75 Å². The van der Waals surface area contributed by atoms with Crippen molar-refractivity contribution in [3.05, 3.63) is 34.4 Å². The van der Waals surface area contributed by atoms with E-state index in [4.69, 9.17) is 10.6 Å². The Hall–Kier alpha value is -1.18. The first-order valence-corrected chi connectivity index (χ1v) is 6.02. The molecule has 0 saturated carbocycles. The maximum Gasteiger partial charge on any atom is 0.150 e. The van der Waals surface area contributed by atoms with Gasteiger partial charge in [-0.15, -0.1) is 5.10 Å². The van der Waals surface area contributed by atoms with Crippen LogP contribution < -0.4 is 16.0 Å². The van der Waals surface area contributed by atoms with Crippen LogP contribution in [-0.2, 0) is 6.61 Å². The molecule has 0 fully saturated rings. The number of ether oxygens (including phenoxy) is 1. The van der Waals surface area contributed by atoms with E-state index in [1.807, 2.05) is 24.3 Å². The van der Waals surface area contributed by atoms with E-state index in [-0.39, 0.29) is 0 Å². The predicted molar refractivity (Wildman–Crippen MR) is 66.2 cm³/mol. The highest BCUT2D eigenvalue weighted by atomic mass is 79.9.